The molecule has 0 radical (unpaired) electrons. The Balaban J connectivity index is 1.64. The lowest BCUT2D eigenvalue weighted by molar-refractivity contribution is -0.369. The van der Waals surface area contributed by atoms with Crippen LogP contribution >= 0.6 is 0 Å². The molecule has 5 aliphatic rings. The van der Waals surface area contributed by atoms with E-state index in [-0.39, 0.29) is 32.5 Å². The lowest BCUT2D eigenvalue weighted by Crippen LogP contribution is -2.68. The fraction of sp³-hybridized carbons (Fsp3) is 0.900. The summed E-state index contributed by atoms with van der Waals surface area (Å²) in [5.41, 5.74) is 1.14. The Kier molecular flexibility index (Phi) is 4.92. The van der Waals surface area contributed by atoms with Gasteiger partial charge in [-0.3, -0.25) is 10.1 Å². The van der Waals surface area contributed by atoms with Crippen molar-refractivity contribution in [3.63, 3.8) is 0 Å². The SMILES string of the molecule is CC1(C)CCC2(C)CCC3(C)C(=CCC4C5(C)CCC(=O)C(C)(C)C5CCC43C)C2(OO)C1. The summed E-state index contributed by atoms with van der Waals surface area (Å²) in [7, 11) is 0. The molecule has 0 bridgehead atoms. The van der Waals surface area contributed by atoms with Crippen LogP contribution < -0.4 is 0 Å². The van der Waals surface area contributed by atoms with E-state index in [1.54, 1.807) is 0 Å². The number of allylic oxidation sites excluding steroid dienone is 1. The number of carbonyl (C=O) groups excluding carboxylic acids is 1. The van der Waals surface area contributed by atoms with Crippen LogP contribution in [0.2, 0.25) is 0 Å². The molecule has 4 saturated carbocycles. The largest absolute Gasteiger partial charge is 0.299 e. The highest BCUT2D eigenvalue weighted by atomic mass is 17.1. The quantitative estimate of drug-likeness (QED) is 0.247. The summed E-state index contributed by atoms with van der Waals surface area (Å²) in [5.74, 6) is 1.51. The molecule has 5 rings (SSSR count). The Morgan fingerprint density at radius 1 is 0.879 bits per heavy atom. The van der Waals surface area contributed by atoms with Gasteiger partial charge in [0.05, 0.1) is 0 Å². The zero-order chi connectivity index (χ0) is 24.3. The van der Waals surface area contributed by atoms with E-state index in [9.17, 15) is 10.1 Å². The van der Waals surface area contributed by atoms with Gasteiger partial charge in [-0.05, 0) is 96.9 Å². The minimum Gasteiger partial charge on any atom is -0.299 e. The van der Waals surface area contributed by atoms with Crippen molar-refractivity contribution in [2.45, 2.75) is 125 Å². The first-order valence-electron chi connectivity index (χ1n) is 13.7. The fourth-order valence-corrected chi connectivity index (χ4v) is 10.6. The fourth-order valence-electron chi connectivity index (χ4n) is 10.6. The van der Waals surface area contributed by atoms with Crippen molar-refractivity contribution >= 4 is 5.78 Å². The average Bonchev–Trinajstić information content (AvgIpc) is 2.73. The molecule has 7 unspecified atom stereocenters. The number of hydrogen-bond donors (Lipinski definition) is 1. The van der Waals surface area contributed by atoms with E-state index in [0.717, 1.165) is 44.9 Å². The van der Waals surface area contributed by atoms with Gasteiger partial charge in [0.25, 0.3) is 0 Å². The summed E-state index contributed by atoms with van der Waals surface area (Å²) >= 11 is 0. The van der Waals surface area contributed by atoms with E-state index in [2.05, 4.69) is 61.5 Å². The highest BCUT2D eigenvalue weighted by Crippen LogP contribution is 2.76. The molecule has 3 heteroatoms. The van der Waals surface area contributed by atoms with Crippen LogP contribution in [0.1, 0.15) is 120 Å². The molecule has 0 heterocycles. The van der Waals surface area contributed by atoms with Crippen molar-refractivity contribution in [3.8, 4) is 0 Å². The maximum Gasteiger partial charge on any atom is 0.138 e. The third-order valence-corrected chi connectivity index (χ3v) is 13.0. The van der Waals surface area contributed by atoms with Gasteiger partial charge in [0.15, 0.2) is 0 Å². The summed E-state index contributed by atoms with van der Waals surface area (Å²) in [5, 5.41) is 10.7. The van der Waals surface area contributed by atoms with Crippen LogP contribution in [0.3, 0.4) is 0 Å². The summed E-state index contributed by atoms with van der Waals surface area (Å²) in [6, 6.07) is 0. The molecular formula is C30H48O3. The number of rotatable bonds is 1. The number of carbonyl (C=O) groups is 1. The van der Waals surface area contributed by atoms with Gasteiger partial charge in [0.2, 0.25) is 0 Å². The Bertz CT molecular complexity index is 900. The van der Waals surface area contributed by atoms with Crippen molar-refractivity contribution in [3.05, 3.63) is 11.6 Å². The topological polar surface area (TPSA) is 46.5 Å². The molecule has 4 fully saturated rings. The summed E-state index contributed by atoms with van der Waals surface area (Å²) in [4.78, 5) is 18.7. The van der Waals surface area contributed by atoms with E-state index in [0.29, 0.717) is 17.6 Å². The lowest BCUT2D eigenvalue weighted by atomic mass is 9.33. The maximum absolute atomic E-state index is 12.9. The molecule has 5 aliphatic carbocycles. The zero-order valence-corrected chi connectivity index (χ0v) is 22.6. The third-order valence-electron chi connectivity index (χ3n) is 13.0. The third kappa shape index (κ3) is 2.73. The minimum atomic E-state index is -0.574. The Hall–Kier alpha value is -0.670. The second kappa shape index (κ2) is 6.75. The van der Waals surface area contributed by atoms with E-state index in [1.807, 2.05) is 0 Å². The van der Waals surface area contributed by atoms with Crippen molar-refractivity contribution in [2.24, 2.45) is 44.3 Å². The van der Waals surface area contributed by atoms with Crippen LogP contribution in [0.5, 0.6) is 0 Å². The highest BCUT2D eigenvalue weighted by Gasteiger charge is 2.71. The normalized spacial score (nSPS) is 52.6. The van der Waals surface area contributed by atoms with Crippen LogP contribution in [0, 0.1) is 44.3 Å². The van der Waals surface area contributed by atoms with Gasteiger partial charge in [-0.15, -0.1) is 0 Å². The van der Waals surface area contributed by atoms with Gasteiger partial charge in [-0.25, -0.2) is 4.89 Å². The molecule has 1 N–H and O–H groups in total. The number of Topliss-reactive ketones (excluding diaryl/α,β-unsaturated/α-hetero) is 1. The number of fused-ring (bicyclic) bond motifs is 7. The lowest BCUT2D eigenvalue weighted by Gasteiger charge is -2.72. The van der Waals surface area contributed by atoms with Crippen molar-refractivity contribution < 1.29 is 14.9 Å². The van der Waals surface area contributed by atoms with Gasteiger partial charge in [-0.2, -0.15) is 0 Å². The molecule has 0 aliphatic heterocycles. The molecule has 0 aromatic heterocycles. The van der Waals surface area contributed by atoms with Gasteiger partial charge in [-0.1, -0.05) is 61.5 Å². The molecule has 33 heavy (non-hydrogen) atoms. The van der Waals surface area contributed by atoms with Crippen molar-refractivity contribution in [2.75, 3.05) is 0 Å². The summed E-state index contributed by atoms with van der Waals surface area (Å²) in [6.45, 7) is 19.1. The second-order valence-electron chi connectivity index (χ2n) is 15.2. The van der Waals surface area contributed by atoms with Crippen molar-refractivity contribution in [1.29, 1.82) is 0 Å². The van der Waals surface area contributed by atoms with Crippen LogP contribution in [-0.2, 0) is 9.68 Å². The smallest absolute Gasteiger partial charge is 0.138 e. The molecule has 3 nitrogen and oxygen atoms in total. The first kappa shape index (κ1) is 24.0. The molecule has 0 aromatic carbocycles. The minimum absolute atomic E-state index is 0.00778. The van der Waals surface area contributed by atoms with Crippen molar-refractivity contribution in [1.82, 2.24) is 0 Å². The summed E-state index contributed by atoms with van der Waals surface area (Å²) < 4.78 is 0. The Morgan fingerprint density at radius 2 is 1.55 bits per heavy atom. The maximum atomic E-state index is 12.9. The first-order valence-corrected chi connectivity index (χ1v) is 13.7. The predicted molar refractivity (Wildman–Crippen MR) is 133 cm³/mol. The molecular weight excluding hydrogens is 408 g/mol. The summed E-state index contributed by atoms with van der Waals surface area (Å²) in [6.07, 6.45) is 13.2. The van der Waals surface area contributed by atoms with Gasteiger partial charge < -0.3 is 0 Å². The van der Waals surface area contributed by atoms with Crippen LogP contribution in [-0.4, -0.2) is 16.6 Å². The molecule has 186 valence electrons. The van der Waals surface area contributed by atoms with E-state index >= 15 is 0 Å². The predicted octanol–water partition coefficient (Wildman–Crippen LogP) is 7.99. The molecule has 0 aromatic rings. The van der Waals surface area contributed by atoms with E-state index in [4.69, 9.17) is 4.89 Å². The van der Waals surface area contributed by atoms with Crippen LogP contribution in [0.4, 0.5) is 0 Å². The second-order valence-corrected chi connectivity index (χ2v) is 15.2. The van der Waals surface area contributed by atoms with Gasteiger partial charge in [0.1, 0.15) is 11.4 Å². The first-order chi connectivity index (χ1) is 15.1. The Labute approximate surface area is 202 Å². The van der Waals surface area contributed by atoms with Gasteiger partial charge in [0, 0.05) is 17.3 Å². The van der Waals surface area contributed by atoms with Gasteiger partial charge >= 0.3 is 0 Å². The Morgan fingerprint density at radius 3 is 2.21 bits per heavy atom. The molecule has 0 saturated heterocycles. The monoisotopic (exact) mass is 456 g/mol. The van der Waals surface area contributed by atoms with E-state index in [1.165, 1.54) is 24.8 Å². The average molecular weight is 457 g/mol. The molecule has 0 spiro atoms. The highest BCUT2D eigenvalue weighted by molar-refractivity contribution is 5.85. The standard InChI is InChI=1S/C30H48O3/c1-24(2)15-16-26(5)17-18-29(8)22(30(26,19-24)33-32)10-9-21-27(6)13-12-23(31)25(3,4)20(27)11-14-28(21,29)7/h10,20-21,32H,9,11-19H2,1-8H3. The number of hydrogen-bond acceptors (Lipinski definition) is 3. The number of ketones is 1. The van der Waals surface area contributed by atoms with Crippen LogP contribution in [0.25, 0.3) is 0 Å². The van der Waals surface area contributed by atoms with E-state index < -0.39 is 5.60 Å². The molecule has 7 atom stereocenters. The van der Waals surface area contributed by atoms with Crippen LogP contribution in [0.15, 0.2) is 11.6 Å². The zero-order valence-electron chi connectivity index (χ0n) is 22.6. The molecule has 0 amide bonds.